The van der Waals surface area contributed by atoms with Crippen molar-refractivity contribution in [2.75, 3.05) is 26.9 Å². The van der Waals surface area contributed by atoms with Crippen LogP contribution in [0.1, 0.15) is 35.2 Å². The Morgan fingerprint density at radius 1 is 1.13 bits per heavy atom. The summed E-state index contributed by atoms with van der Waals surface area (Å²) in [7, 11) is 1.53. The Morgan fingerprint density at radius 2 is 1.90 bits per heavy atom. The summed E-state index contributed by atoms with van der Waals surface area (Å²) in [6.45, 7) is 6.49. The second-order valence-corrected chi connectivity index (χ2v) is 7.32. The van der Waals surface area contributed by atoms with Crippen LogP contribution in [-0.2, 0) is 14.3 Å². The van der Waals surface area contributed by atoms with Crippen LogP contribution >= 0.6 is 0 Å². The number of hydrogen-bond donors (Lipinski definition) is 1. The van der Waals surface area contributed by atoms with Crippen LogP contribution in [0.4, 0.5) is 0 Å². The zero-order chi connectivity index (χ0) is 22.4. The highest BCUT2D eigenvalue weighted by molar-refractivity contribution is 5.89. The van der Waals surface area contributed by atoms with Gasteiger partial charge in [0.05, 0.1) is 13.2 Å². The van der Waals surface area contributed by atoms with Gasteiger partial charge in [-0.05, 0) is 61.2 Å². The van der Waals surface area contributed by atoms with Crippen LogP contribution in [0.2, 0.25) is 0 Å². The van der Waals surface area contributed by atoms with Crippen LogP contribution in [0, 0.1) is 13.8 Å². The molecule has 0 aliphatic carbocycles. The quantitative estimate of drug-likeness (QED) is 0.540. The number of esters is 1. The molecule has 2 aromatic carbocycles. The van der Waals surface area contributed by atoms with Gasteiger partial charge in [-0.25, -0.2) is 4.79 Å². The van der Waals surface area contributed by atoms with Crippen LogP contribution in [-0.4, -0.2) is 38.8 Å². The Bertz CT molecular complexity index is 981. The van der Waals surface area contributed by atoms with E-state index in [1.807, 2.05) is 39.0 Å². The zero-order valence-corrected chi connectivity index (χ0v) is 18.2. The Kier molecular flexibility index (Phi) is 7.18. The molecule has 1 heterocycles. The monoisotopic (exact) mass is 425 g/mol. The average Bonchev–Trinajstić information content (AvgIpc) is 2.77. The number of ether oxygens (including phenoxy) is 4. The molecule has 7 heteroatoms. The maximum Gasteiger partial charge on any atom is 0.331 e. The average molecular weight is 425 g/mol. The van der Waals surface area contributed by atoms with Crippen LogP contribution in [0.3, 0.4) is 0 Å². The molecule has 1 atom stereocenters. The maximum atomic E-state index is 12.1. The van der Waals surface area contributed by atoms with Gasteiger partial charge in [0.25, 0.3) is 5.91 Å². The largest absolute Gasteiger partial charge is 0.493 e. The lowest BCUT2D eigenvalue weighted by atomic mass is 10.0. The van der Waals surface area contributed by atoms with Gasteiger partial charge >= 0.3 is 5.97 Å². The molecule has 1 N–H and O–H groups in total. The fraction of sp³-hybridized carbons (Fsp3) is 0.333. The summed E-state index contributed by atoms with van der Waals surface area (Å²) in [4.78, 5) is 24.2. The van der Waals surface area contributed by atoms with E-state index in [9.17, 15) is 9.59 Å². The highest BCUT2D eigenvalue weighted by Gasteiger charge is 2.18. The minimum atomic E-state index is -0.622. The smallest absolute Gasteiger partial charge is 0.331 e. The van der Waals surface area contributed by atoms with Crippen molar-refractivity contribution in [2.24, 2.45) is 0 Å². The van der Waals surface area contributed by atoms with Gasteiger partial charge in [0.2, 0.25) is 5.75 Å². The zero-order valence-electron chi connectivity index (χ0n) is 18.2. The summed E-state index contributed by atoms with van der Waals surface area (Å²) in [5.41, 5.74) is 4.03. The van der Waals surface area contributed by atoms with Gasteiger partial charge in [0.15, 0.2) is 18.1 Å². The van der Waals surface area contributed by atoms with E-state index < -0.39 is 5.97 Å². The van der Waals surface area contributed by atoms with E-state index in [1.54, 1.807) is 18.2 Å². The number of nitrogens with one attached hydrogen (secondary N) is 1. The van der Waals surface area contributed by atoms with E-state index in [0.29, 0.717) is 36.0 Å². The van der Waals surface area contributed by atoms with Crippen LogP contribution in [0.5, 0.6) is 17.2 Å². The molecule has 3 rings (SSSR count). The van der Waals surface area contributed by atoms with E-state index in [2.05, 4.69) is 5.32 Å². The number of fused-ring (bicyclic) bond motifs is 1. The number of carbonyl (C=O) groups is 2. The number of amides is 1. The number of aryl methyl sites for hydroxylation is 2. The summed E-state index contributed by atoms with van der Waals surface area (Å²) in [6.07, 6.45) is 2.82. The molecule has 2 aromatic rings. The fourth-order valence-corrected chi connectivity index (χ4v) is 3.14. The lowest BCUT2D eigenvalue weighted by molar-refractivity contribution is -0.144. The Labute approximate surface area is 181 Å². The molecule has 164 valence electrons. The highest BCUT2D eigenvalue weighted by Crippen LogP contribution is 2.40. The van der Waals surface area contributed by atoms with Crippen molar-refractivity contribution in [3.05, 3.63) is 58.7 Å². The van der Waals surface area contributed by atoms with Crippen LogP contribution in [0.15, 0.2) is 36.4 Å². The minimum Gasteiger partial charge on any atom is -0.493 e. The van der Waals surface area contributed by atoms with Crippen molar-refractivity contribution in [3.8, 4) is 17.2 Å². The molecule has 0 bridgehead atoms. The third-order valence-corrected chi connectivity index (χ3v) is 5.02. The first-order chi connectivity index (χ1) is 14.9. The SMILES string of the molecule is COc1cc(/C=C/C(=O)OCC(=O)N[C@H](C)c2ccc(C)c(C)c2)cc2c1OCCO2. The third-order valence-electron chi connectivity index (χ3n) is 5.02. The van der Waals surface area contributed by atoms with E-state index >= 15 is 0 Å². The standard InChI is InChI=1S/C24H27NO6/c1-15-5-7-19(11-16(15)2)17(3)25-22(26)14-31-23(27)8-6-18-12-20(28-4)24-21(13-18)29-9-10-30-24/h5-8,11-13,17H,9-10,14H2,1-4H3,(H,25,26)/b8-6+/t17-/m1/s1. The summed E-state index contributed by atoms with van der Waals surface area (Å²) in [5, 5.41) is 2.83. The predicted molar refractivity (Wildman–Crippen MR) is 116 cm³/mol. The molecule has 0 spiro atoms. The van der Waals surface area contributed by atoms with Gasteiger partial charge in [0, 0.05) is 6.08 Å². The molecule has 31 heavy (non-hydrogen) atoms. The van der Waals surface area contributed by atoms with Crippen LogP contribution in [0.25, 0.3) is 6.08 Å². The van der Waals surface area contributed by atoms with Gasteiger partial charge in [0.1, 0.15) is 13.2 Å². The maximum absolute atomic E-state index is 12.1. The lowest BCUT2D eigenvalue weighted by Gasteiger charge is -2.20. The number of hydrogen-bond acceptors (Lipinski definition) is 6. The van der Waals surface area contributed by atoms with Crippen molar-refractivity contribution in [1.29, 1.82) is 0 Å². The van der Waals surface area contributed by atoms with E-state index in [0.717, 1.165) is 11.1 Å². The number of methoxy groups -OCH3 is 1. The highest BCUT2D eigenvalue weighted by atomic mass is 16.6. The van der Waals surface area contributed by atoms with Crippen molar-refractivity contribution < 1.29 is 28.5 Å². The molecule has 0 radical (unpaired) electrons. The molecule has 1 aliphatic heterocycles. The molecule has 7 nitrogen and oxygen atoms in total. The Hall–Kier alpha value is -3.48. The van der Waals surface area contributed by atoms with Gasteiger partial charge in [-0.2, -0.15) is 0 Å². The van der Waals surface area contributed by atoms with Gasteiger partial charge in [-0.1, -0.05) is 18.2 Å². The van der Waals surface area contributed by atoms with Crippen molar-refractivity contribution in [2.45, 2.75) is 26.8 Å². The molecule has 0 saturated heterocycles. The Balaban J connectivity index is 1.53. The molecule has 0 aromatic heterocycles. The van der Waals surface area contributed by atoms with Crippen molar-refractivity contribution in [1.82, 2.24) is 5.32 Å². The number of benzene rings is 2. The fourth-order valence-electron chi connectivity index (χ4n) is 3.14. The van der Waals surface area contributed by atoms with E-state index in [-0.39, 0.29) is 18.6 Å². The van der Waals surface area contributed by atoms with Crippen LogP contribution < -0.4 is 19.5 Å². The molecule has 0 fully saturated rings. The number of rotatable bonds is 7. The summed E-state index contributed by atoms with van der Waals surface area (Å²) in [6, 6.07) is 9.32. The third kappa shape index (κ3) is 5.78. The molecule has 1 aliphatic rings. The van der Waals surface area contributed by atoms with Gasteiger partial charge < -0.3 is 24.3 Å². The molecule has 0 unspecified atom stereocenters. The summed E-state index contributed by atoms with van der Waals surface area (Å²) < 4.78 is 21.5. The molecule has 0 saturated carbocycles. The minimum absolute atomic E-state index is 0.189. The Morgan fingerprint density at radius 3 is 2.65 bits per heavy atom. The number of carbonyl (C=O) groups excluding carboxylic acids is 2. The predicted octanol–water partition coefficient (Wildman–Crippen LogP) is 3.52. The van der Waals surface area contributed by atoms with Gasteiger partial charge in [-0.3, -0.25) is 4.79 Å². The molecule has 1 amide bonds. The van der Waals surface area contributed by atoms with E-state index in [1.165, 1.54) is 18.7 Å². The topological polar surface area (TPSA) is 83.1 Å². The second-order valence-electron chi connectivity index (χ2n) is 7.32. The van der Waals surface area contributed by atoms with Gasteiger partial charge in [-0.15, -0.1) is 0 Å². The second kappa shape index (κ2) is 10.0. The van der Waals surface area contributed by atoms with E-state index in [4.69, 9.17) is 18.9 Å². The summed E-state index contributed by atoms with van der Waals surface area (Å²) >= 11 is 0. The first-order valence-corrected chi connectivity index (χ1v) is 10.1. The summed E-state index contributed by atoms with van der Waals surface area (Å²) in [5.74, 6) is 0.627. The first-order valence-electron chi connectivity index (χ1n) is 10.1. The first kappa shape index (κ1) is 22.2. The molecular formula is C24H27NO6. The molecular weight excluding hydrogens is 398 g/mol. The van der Waals surface area contributed by atoms with Crippen molar-refractivity contribution >= 4 is 18.0 Å². The lowest BCUT2D eigenvalue weighted by Crippen LogP contribution is -2.31. The normalized spacial score (nSPS) is 13.5. The van der Waals surface area contributed by atoms with Crippen molar-refractivity contribution in [3.63, 3.8) is 0 Å².